The topological polar surface area (TPSA) is 228 Å². The molecule has 2 fully saturated rings. The Kier molecular flexibility index (Phi) is 29.2. The number of amides is 1. The number of unbranched alkanes of at least 4 members (excludes halogenated alkanes) is 20. The van der Waals surface area contributed by atoms with Crippen molar-refractivity contribution in [2.24, 2.45) is 0 Å². The molecule has 0 spiro atoms. The summed E-state index contributed by atoms with van der Waals surface area (Å²) in [5.41, 5.74) is 0. The van der Waals surface area contributed by atoms with E-state index in [0.717, 1.165) is 12.8 Å². The molecule has 14 heteroatoms. The van der Waals surface area contributed by atoms with Crippen LogP contribution in [-0.2, 0) is 23.7 Å². The minimum Gasteiger partial charge on any atom is -0.394 e. The maximum absolute atomic E-state index is 11.9. The number of hydrogen-bond donors (Lipinski definition) is 9. The molecule has 0 bridgehead atoms. The van der Waals surface area contributed by atoms with Crippen LogP contribution in [0.25, 0.3) is 0 Å². The molecule has 0 aromatic rings. The highest BCUT2D eigenvalue weighted by Crippen LogP contribution is 2.30. The van der Waals surface area contributed by atoms with E-state index in [9.17, 15) is 45.6 Å². The molecule has 0 aliphatic carbocycles. The summed E-state index contributed by atoms with van der Waals surface area (Å²) in [5.74, 6) is -0.426. The fourth-order valence-corrected chi connectivity index (χ4v) is 7.52. The Bertz CT molecular complexity index is 1080. The highest BCUT2D eigenvalue weighted by molar-refractivity contribution is 5.73. The number of aliphatic hydroxyl groups is 8. The SMILES string of the molecule is CCCCCCCCCCCCCCCCCCCCC/C=C/CC/C=C/C(O)C(COC1OC(CO)C(OC2OC(CO)C(O)C(O)C2O)C(O)C1O)NC(C)=O. The van der Waals surface area contributed by atoms with E-state index in [4.69, 9.17) is 18.9 Å². The van der Waals surface area contributed by atoms with Gasteiger partial charge in [-0.15, -0.1) is 0 Å². The van der Waals surface area contributed by atoms with Crippen molar-refractivity contribution in [2.75, 3.05) is 19.8 Å². The zero-order chi connectivity index (χ0) is 42.5. The molecule has 340 valence electrons. The van der Waals surface area contributed by atoms with Crippen molar-refractivity contribution in [3.05, 3.63) is 24.3 Å². The van der Waals surface area contributed by atoms with Crippen molar-refractivity contribution in [1.29, 1.82) is 0 Å². The van der Waals surface area contributed by atoms with Crippen LogP contribution in [0.15, 0.2) is 24.3 Å². The molecule has 2 rings (SSSR count). The normalized spacial score (nSPS) is 29.0. The predicted octanol–water partition coefficient (Wildman–Crippen LogP) is 4.21. The molecule has 2 aliphatic heterocycles. The lowest BCUT2D eigenvalue weighted by atomic mass is 9.97. The van der Waals surface area contributed by atoms with Crippen LogP contribution in [-0.4, -0.2) is 140 Å². The van der Waals surface area contributed by atoms with Gasteiger partial charge in [0.05, 0.1) is 32.0 Å². The summed E-state index contributed by atoms with van der Waals surface area (Å²) in [6, 6.07) is -0.928. The summed E-state index contributed by atoms with van der Waals surface area (Å²) in [5, 5.41) is 84.9. The quantitative estimate of drug-likeness (QED) is 0.0334. The van der Waals surface area contributed by atoms with Crippen molar-refractivity contribution in [2.45, 2.75) is 229 Å². The molecule has 12 unspecified atom stereocenters. The van der Waals surface area contributed by atoms with Gasteiger partial charge in [0.2, 0.25) is 5.91 Å². The molecular formula is C44H81NO13. The number of ether oxygens (including phenoxy) is 4. The number of rotatable bonds is 33. The van der Waals surface area contributed by atoms with Crippen LogP contribution in [0.5, 0.6) is 0 Å². The van der Waals surface area contributed by atoms with E-state index in [1.165, 1.54) is 129 Å². The lowest BCUT2D eigenvalue weighted by Gasteiger charge is -2.46. The first-order valence-corrected chi connectivity index (χ1v) is 22.5. The number of carbonyl (C=O) groups excluding carboxylic acids is 1. The largest absolute Gasteiger partial charge is 0.394 e. The smallest absolute Gasteiger partial charge is 0.217 e. The van der Waals surface area contributed by atoms with Crippen LogP contribution in [0, 0.1) is 0 Å². The predicted molar refractivity (Wildman–Crippen MR) is 221 cm³/mol. The molecule has 2 aliphatic rings. The fourth-order valence-electron chi connectivity index (χ4n) is 7.52. The molecule has 58 heavy (non-hydrogen) atoms. The number of nitrogens with one attached hydrogen (secondary N) is 1. The summed E-state index contributed by atoms with van der Waals surface area (Å²) in [7, 11) is 0. The van der Waals surface area contributed by atoms with Gasteiger partial charge >= 0.3 is 0 Å². The Hall–Kier alpha value is -1.53. The van der Waals surface area contributed by atoms with Crippen LogP contribution in [0.2, 0.25) is 0 Å². The van der Waals surface area contributed by atoms with Crippen LogP contribution in [0.3, 0.4) is 0 Å². The van der Waals surface area contributed by atoms with E-state index in [1.807, 2.05) is 6.08 Å². The third-order valence-corrected chi connectivity index (χ3v) is 11.2. The maximum atomic E-state index is 11.9. The molecule has 1 amide bonds. The van der Waals surface area contributed by atoms with Crippen LogP contribution in [0.4, 0.5) is 0 Å². The Morgan fingerprint density at radius 2 is 1.07 bits per heavy atom. The van der Waals surface area contributed by atoms with E-state index in [-0.39, 0.29) is 6.61 Å². The van der Waals surface area contributed by atoms with E-state index >= 15 is 0 Å². The van der Waals surface area contributed by atoms with Gasteiger partial charge in [-0.1, -0.05) is 147 Å². The van der Waals surface area contributed by atoms with Gasteiger partial charge in [-0.05, 0) is 25.7 Å². The van der Waals surface area contributed by atoms with Gasteiger partial charge in [0, 0.05) is 6.92 Å². The Morgan fingerprint density at radius 3 is 1.59 bits per heavy atom. The van der Waals surface area contributed by atoms with Crippen molar-refractivity contribution in [3.8, 4) is 0 Å². The van der Waals surface area contributed by atoms with E-state index in [1.54, 1.807) is 6.08 Å². The second-order valence-electron chi connectivity index (χ2n) is 16.3. The van der Waals surface area contributed by atoms with Crippen molar-refractivity contribution in [1.82, 2.24) is 5.32 Å². The highest BCUT2D eigenvalue weighted by Gasteiger charge is 2.50. The molecule has 2 saturated heterocycles. The number of allylic oxidation sites excluding steroid dienone is 3. The lowest BCUT2D eigenvalue weighted by Crippen LogP contribution is -2.65. The molecule has 0 aromatic carbocycles. The van der Waals surface area contributed by atoms with Gasteiger partial charge in [-0.3, -0.25) is 4.79 Å². The summed E-state index contributed by atoms with van der Waals surface area (Å²) in [6.07, 6.45) is 19.2. The first-order valence-electron chi connectivity index (χ1n) is 22.5. The van der Waals surface area contributed by atoms with Crippen LogP contribution < -0.4 is 5.32 Å². The molecule has 14 nitrogen and oxygen atoms in total. The average Bonchev–Trinajstić information content (AvgIpc) is 3.21. The molecule has 0 radical (unpaired) electrons. The molecule has 0 saturated carbocycles. The summed E-state index contributed by atoms with van der Waals surface area (Å²) < 4.78 is 22.2. The van der Waals surface area contributed by atoms with E-state index in [0.29, 0.717) is 6.42 Å². The van der Waals surface area contributed by atoms with Crippen LogP contribution >= 0.6 is 0 Å². The average molecular weight is 832 g/mol. The Labute approximate surface area is 348 Å². The van der Waals surface area contributed by atoms with Gasteiger partial charge in [0.25, 0.3) is 0 Å². The summed E-state index contributed by atoms with van der Waals surface area (Å²) in [6.45, 7) is 1.81. The highest BCUT2D eigenvalue weighted by atomic mass is 16.7. The number of aliphatic hydroxyl groups excluding tert-OH is 8. The number of hydrogen-bond acceptors (Lipinski definition) is 13. The lowest BCUT2D eigenvalue weighted by molar-refractivity contribution is -0.359. The van der Waals surface area contributed by atoms with Crippen molar-refractivity contribution in [3.63, 3.8) is 0 Å². The number of carbonyl (C=O) groups is 1. The summed E-state index contributed by atoms with van der Waals surface area (Å²) >= 11 is 0. The van der Waals surface area contributed by atoms with Crippen molar-refractivity contribution >= 4 is 5.91 Å². The van der Waals surface area contributed by atoms with Gasteiger partial charge in [0.1, 0.15) is 48.8 Å². The zero-order valence-electron chi connectivity index (χ0n) is 35.5. The second-order valence-corrected chi connectivity index (χ2v) is 16.3. The minimum absolute atomic E-state index is 0.324. The van der Waals surface area contributed by atoms with E-state index in [2.05, 4.69) is 24.4 Å². The van der Waals surface area contributed by atoms with E-state index < -0.39 is 92.7 Å². The van der Waals surface area contributed by atoms with Gasteiger partial charge in [0.15, 0.2) is 12.6 Å². The first kappa shape index (κ1) is 52.6. The first-order chi connectivity index (χ1) is 28.0. The summed E-state index contributed by atoms with van der Waals surface area (Å²) in [4.78, 5) is 11.9. The zero-order valence-corrected chi connectivity index (χ0v) is 35.5. The molecule has 0 aromatic heterocycles. The molecule has 2 heterocycles. The van der Waals surface area contributed by atoms with Gasteiger partial charge in [-0.2, -0.15) is 0 Å². The fraction of sp³-hybridized carbons (Fsp3) is 0.886. The third kappa shape index (κ3) is 20.8. The standard InChI is InChI=1S/C44H81NO13/c1-3-4-5-6-7-8-9-10-11-12-13-14-15-16-17-18-19-20-21-22-23-24-25-26-27-28-34(49)33(45-32(2)48)31-55-43-41(54)39(52)42(36(30-47)57-43)58-44-40(53)38(51)37(50)35(29-46)56-44/h23-24,27-28,33-44,46-47,49-54H,3-22,25-26,29-31H2,1-2H3,(H,45,48)/b24-23+,28-27+. The third-order valence-electron chi connectivity index (χ3n) is 11.2. The maximum Gasteiger partial charge on any atom is 0.217 e. The Balaban J connectivity index is 1.58. The molecule has 12 atom stereocenters. The Morgan fingerprint density at radius 1 is 0.603 bits per heavy atom. The molecular weight excluding hydrogens is 750 g/mol. The van der Waals surface area contributed by atoms with Crippen LogP contribution in [0.1, 0.15) is 155 Å². The monoisotopic (exact) mass is 832 g/mol. The van der Waals surface area contributed by atoms with Gasteiger partial charge in [-0.25, -0.2) is 0 Å². The molecule has 9 N–H and O–H groups in total. The van der Waals surface area contributed by atoms with Gasteiger partial charge < -0.3 is 65.1 Å². The van der Waals surface area contributed by atoms with Crippen molar-refractivity contribution < 1.29 is 64.6 Å². The second kappa shape index (κ2) is 32.2. The minimum atomic E-state index is -1.78.